The first-order valence-corrected chi connectivity index (χ1v) is 8.23. The number of hydrogen-bond donors (Lipinski definition) is 1. The molecule has 1 heterocycles. The Bertz CT molecular complexity index is 376. The fourth-order valence-electron chi connectivity index (χ4n) is 2.56. The molecule has 20 heavy (non-hydrogen) atoms. The summed E-state index contributed by atoms with van der Waals surface area (Å²) < 4.78 is 0. The van der Waals surface area contributed by atoms with Gasteiger partial charge in [-0.2, -0.15) is 10.2 Å². The van der Waals surface area contributed by atoms with Gasteiger partial charge in [0.15, 0.2) is 0 Å². The molecular formula is C17H31N3. The number of aryl methyl sites for hydroxylation is 2. The lowest BCUT2D eigenvalue weighted by atomic mass is 9.98. The number of nitrogens with one attached hydrogen (secondary N) is 1. The van der Waals surface area contributed by atoms with Gasteiger partial charge in [0.1, 0.15) is 0 Å². The van der Waals surface area contributed by atoms with Crippen molar-refractivity contribution in [2.75, 3.05) is 6.54 Å². The van der Waals surface area contributed by atoms with Crippen LogP contribution in [0.4, 0.5) is 0 Å². The molecule has 0 aliphatic heterocycles. The van der Waals surface area contributed by atoms with Gasteiger partial charge in [-0.25, -0.2) is 0 Å². The van der Waals surface area contributed by atoms with Crippen molar-refractivity contribution >= 4 is 0 Å². The zero-order valence-corrected chi connectivity index (χ0v) is 13.7. The molecule has 1 aromatic heterocycles. The Morgan fingerprint density at radius 3 is 2.45 bits per heavy atom. The highest BCUT2D eigenvalue weighted by Crippen LogP contribution is 2.22. The van der Waals surface area contributed by atoms with Gasteiger partial charge in [0.05, 0.1) is 11.4 Å². The molecule has 0 spiro atoms. The van der Waals surface area contributed by atoms with Gasteiger partial charge in [-0.3, -0.25) is 0 Å². The fraction of sp³-hybridized carbons (Fsp3) is 0.765. The van der Waals surface area contributed by atoms with Gasteiger partial charge >= 0.3 is 0 Å². The first-order valence-electron chi connectivity index (χ1n) is 8.23. The molecule has 0 aliphatic rings. The molecule has 114 valence electrons. The van der Waals surface area contributed by atoms with Crippen LogP contribution in [0.1, 0.15) is 81.8 Å². The molecule has 0 aliphatic carbocycles. The molecule has 0 aromatic carbocycles. The van der Waals surface area contributed by atoms with Crippen molar-refractivity contribution in [2.24, 2.45) is 0 Å². The minimum Gasteiger partial charge on any atom is -0.310 e. The van der Waals surface area contributed by atoms with Crippen molar-refractivity contribution in [2.45, 2.75) is 78.7 Å². The first kappa shape index (κ1) is 17.1. The molecule has 0 bridgehead atoms. The van der Waals surface area contributed by atoms with Gasteiger partial charge in [-0.1, -0.05) is 46.0 Å². The third-order valence-electron chi connectivity index (χ3n) is 3.75. The van der Waals surface area contributed by atoms with E-state index in [4.69, 9.17) is 0 Å². The average molecular weight is 277 g/mol. The molecule has 0 saturated carbocycles. The largest absolute Gasteiger partial charge is 0.310 e. The normalized spacial score (nSPS) is 12.6. The molecule has 1 rings (SSSR count). The molecule has 1 aromatic rings. The van der Waals surface area contributed by atoms with Crippen molar-refractivity contribution < 1.29 is 0 Å². The summed E-state index contributed by atoms with van der Waals surface area (Å²) in [6.07, 6.45) is 9.05. The lowest BCUT2D eigenvalue weighted by Gasteiger charge is -2.20. The number of aromatic nitrogens is 2. The third kappa shape index (κ3) is 6.00. The number of hydrogen-bond acceptors (Lipinski definition) is 3. The summed E-state index contributed by atoms with van der Waals surface area (Å²) >= 11 is 0. The van der Waals surface area contributed by atoms with Crippen molar-refractivity contribution in [3.8, 4) is 0 Å². The minimum absolute atomic E-state index is 0.436. The van der Waals surface area contributed by atoms with E-state index in [-0.39, 0.29) is 0 Å². The van der Waals surface area contributed by atoms with Crippen LogP contribution in [0, 0.1) is 13.8 Å². The molecular weight excluding hydrogens is 246 g/mol. The summed E-state index contributed by atoms with van der Waals surface area (Å²) in [6, 6.07) is 2.63. The summed E-state index contributed by atoms with van der Waals surface area (Å²) in [7, 11) is 0. The molecule has 0 radical (unpaired) electrons. The van der Waals surface area contributed by atoms with E-state index >= 15 is 0 Å². The summed E-state index contributed by atoms with van der Waals surface area (Å²) in [4.78, 5) is 0. The fourth-order valence-corrected chi connectivity index (χ4v) is 2.56. The van der Waals surface area contributed by atoms with Crippen LogP contribution in [0.25, 0.3) is 0 Å². The van der Waals surface area contributed by atoms with Crippen LogP contribution < -0.4 is 5.32 Å². The quantitative estimate of drug-likeness (QED) is 0.640. The van der Waals surface area contributed by atoms with Crippen LogP contribution in [0.15, 0.2) is 6.07 Å². The molecule has 0 amide bonds. The molecule has 1 atom stereocenters. The maximum Gasteiger partial charge on any atom is 0.0648 e. The second-order valence-electron chi connectivity index (χ2n) is 5.74. The molecule has 3 heteroatoms. The topological polar surface area (TPSA) is 37.8 Å². The van der Waals surface area contributed by atoms with E-state index in [0.717, 1.165) is 17.9 Å². The number of unbranched alkanes of at least 4 members (excludes halogenated alkanes) is 4. The molecule has 0 fully saturated rings. The van der Waals surface area contributed by atoms with Gasteiger partial charge in [-0.15, -0.1) is 0 Å². The SMILES string of the molecule is CCCCCCCC(NCCC)c1cc(C)nnc1C. The van der Waals surface area contributed by atoms with E-state index in [0.29, 0.717) is 6.04 Å². The molecule has 1 N–H and O–H groups in total. The van der Waals surface area contributed by atoms with Crippen LogP contribution in [0.3, 0.4) is 0 Å². The predicted octanol–water partition coefficient (Wildman–Crippen LogP) is 4.49. The summed E-state index contributed by atoms with van der Waals surface area (Å²) in [5.74, 6) is 0. The van der Waals surface area contributed by atoms with Crippen LogP contribution in [-0.2, 0) is 0 Å². The summed E-state index contributed by atoms with van der Waals surface area (Å²) in [5.41, 5.74) is 3.42. The molecule has 0 saturated heterocycles. The zero-order valence-electron chi connectivity index (χ0n) is 13.7. The maximum absolute atomic E-state index is 4.28. The van der Waals surface area contributed by atoms with Crippen LogP contribution in [0.5, 0.6) is 0 Å². The number of rotatable bonds is 10. The highest BCUT2D eigenvalue weighted by molar-refractivity contribution is 5.23. The Kier molecular flexibility index (Phi) is 8.43. The lowest BCUT2D eigenvalue weighted by molar-refractivity contribution is 0.464. The van der Waals surface area contributed by atoms with E-state index < -0.39 is 0 Å². The van der Waals surface area contributed by atoms with E-state index in [1.54, 1.807) is 0 Å². The minimum atomic E-state index is 0.436. The van der Waals surface area contributed by atoms with Gasteiger partial charge in [0.2, 0.25) is 0 Å². The zero-order chi connectivity index (χ0) is 14.8. The average Bonchev–Trinajstić information content (AvgIpc) is 2.45. The monoisotopic (exact) mass is 277 g/mol. The Labute approximate surface area is 124 Å². The molecule has 1 unspecified atom stereocenters. The van der Waals surface area contributed by atoms with Crippen LogP contribution >= 0.6 is 0 Å². The Hall–Kier alpha value is -0.960. The van der Waals surface area contributed by atoms with Gasteiger partial charge in [0.25, 0.3) is 0 Å². The Balaban J connectivity index is 2.60. The van der Waals surface area contributed by atoms with E-state index in [1.807, 2.05) is 6.92 Å². The van der Waals surface area contributed by atoms with Gasteiger partial charge in [-0.05, 0) is 44.9 Å². The third-order valence-corrected chi connectivity index (χ3v) is 3.75. The summed E-state index contributed by atoms with van der Waals surface area (Å²) in [6.45, 7) is 9.64. The van der Waals surface area contributed by atoms with Crippen molar-refractivity contribution in [1.82, 2.24) is 15.5 Å². The summed E-state index contributed by atoms with van der Waals surface area (Å²) in [5, 5.41) is 12.1. The second kappa shape index (κ2) is 9.87. The van der Waals surface area contributed by atoms with Gasteiger partial charge < -0.3 is 5.32 Å². The Morgan fingerprint density at radius 2 is 1.75 bits per heavy atom. The Morgan fingerprint density at radius 1 is 1.00 bits per heavy atom. The maximum atomic E-state index is 4.28. The van der Waals surface area contributed by atoms with E-state index in [1.165, 1.54) is 50.5 Å². The highest BCUT2D eigenvalue weighted by Gasteiger charge is 2.14. The second-order valence-corrected chi connectivity index (χ2v) is 5.74. The smallest absolute Gasteiger partial charge is 0.0648 e. The highest BCUT2D eigenvalue weighted by atomic mass is 15.1. The van der Waals surface area contributed by atoms with Crippen LogP contribution in [-0.4, -0.2) is 16.7 Å². The van der Waals surface area contributed by atoms with Crippen molar-refractivity contribution in [1.29, 1.82) is 0 Å². The van der Waals surface area contributed by atoms with Crippen LogP contribution in [0.2, 0.25) is 0 Å². The van der Waals surface area contributed by atoms with Gasteiger partial charge in [0, 0.05) is 6.04 Å². The lowest BCUT2D eigenvalue weighted by Crippen LogP contribution is -2.23. The first-order chi connectivity index (χ1) is 9.69. The predicted molar refractivity (Wildman–Crippen MR) is 85.9 cm³/mol. The number of nitrogens with zero attached hydrogens (tertiary/aromatic N) is 2. The van der Waals surface area contributed by atoms with Crippen molar-refractivity contribution in [3.63, 3.8) is 0 Å². The standard InChI is InChI=1S/C17H31N3/c1-5-7-8-9-10-11-17(18-12-6-2)16-13-14(3)19-20-15(16)4/h13,17-18H,5-12H2,1-4H3. The van der Waals surface area contributed by atoms with E-state index in [9.17, 15) is 0 Å². The van der Waals surface area contributed by atoms with E-state index in [2.05, 4.69) is 42.4 Å². The molecule has 3 nitrogen and oxygen atoms in total. The van der Waals surface area contributed by atoms with Crippen molar-refractivity contribution in [3.05, 3.63) is 23.0 Å².